The molecule has 4 rings (SSSR count). The van der Waals surface area contributed by atoms with Gasteiger partial charge in [-0.05, 0) is 70.3 Å². The van der Waals surface area contributed by atoms with Crippen molar-refractivity contribution in [3.63, 3.8) is 0 Å². The van der Waals surface area contributed by atoms with E-state index in [9.17, 15) is 17.3 Å². The SMILES string of the molecule is CCN1CCN(CC2C[N+](c3c(C)cc(C)cc3C)=CN2c2c(C)cc(C)cc2C)CC1.F[B-](F)(F)F. The predicted octanol–water partition coefficient (Wildman–Crippen LogP) is 6.04. The van der Waals surface area contributed by atoms with Gasteiger partial charge in [0.25, 0.3) is 0 Å². The van der Waals surface area contributed by atoms with Crippen LogP contribution < -0.4 is 4.90 Å². The molecular weight excluding hydrogens is 479 g/mol. The first-order valence-corrected chi connectivity index (χ1v) is 13.1. The number of benzene rings is 2. The minimum atomic E-state index is -6.00. The lowest BCUT2D eigenvalue weighted by Crippen LogP contribution is -2.51. The molecule has 0 bridgehead atoms. The minimum Gasteiger partial charge on any atom is -0.418 e. The second kappa shape index (κ2) is 12.0. The van der Waals surface area contributed by atoms with Crippen LogP contribution in [-0.2, 0) is 0 Å². The monoisotopic (exact) mass is 520 g/mol. The zero-order valence-corrected chi connectivity index (χ0v) is 23.3. The van der Waals surface area contributed by atoms with Crippen molar-refractivity contribution in [1.82, 2.24) is 9.80 Å². The van der Waals surface area contributed by atoms with E-state index >= 15 is 0 Å². The van der Waals surface area contributed by atoms with Crippen LogP contribution in [-0.4, -0.2) is 79.8 Å². The molecular formula is C28H41BF4N4. The molecule has 1 unspecified atom stereocenters. The first-order valence-electron chi connectivity index (χ1n) is 13.1. The van der Waals surface area contributed by atoms with Crippen molar-refractivity contribution in [2.45, 2.75) is 54.5 Å². The molecule has 0 saturated carbocycles. The van der Waals surface area contributed by atoms with Gasteiger partial charge in [0.1, 0.15) is 17.9 Å². The van der Waals surface area contributed by atoms with Gasteiger partial charge in [-0.1, -0.05) is 42.3 Å². The first-order chi connectivity index (χ1) is 17.3. The largest absolute Gasteiger partial charge is 0.673 e. The minimum absolute atomic E-state index is 0.448. The second-order valence-electron chi connectivity index (χ2n) is 10.6. The maximum absolute atomic E-state index is 9.75. The van der Waals surface area contributed by atoms with Crippen LogP contribution in [0, 0.1) is 41.5 Å². The maximum Gasteiger partial charge on any atom is 0.673 e. The van der Waals surface area contributed by atoms with E-state index in [4.69, 9.17) is 0 Å². The molecule has 204 valence electrons. The van der Waals surface area contributed by atoms with E-state index in [0.29, 0.717) is 6.04 Å². The summed E-state index contributed by atoms with van der Waals surface area (Å²) in [5.41, 5.74) is 10.9. The third kappa shape index (κ3) is 7.80. The highest BCUT2D eigenvalue weighted by molar-refractivity contribution is 6.50. The second-order valence-corrected chi connectivity index (χ2v) is 10.6. The smallest absolute Gasteiger partial charge is 0.418 e. The molecule has 2 heterocycles. The molecule has 0 N–H and O–H groups in total. The highest BCUT2D eigenvalue weighted by Crippen LogP contribution is 2.33. The number of hydrogen-bond acceptors (Lipinski definition) is 3. The number of rotatable bonds is 5. The lowest BCUT2D eigenvalue weighted by Gasteiger charge is -2.35. The summed E-state index contributed by atoms with van der Waals surface area (Å²) in [7, 11) is -6.00. The van der Waals surface area contributed by atoms with Crippen LogP contribution in [0.2, 0.25) is 0 Å². The molecule has 4 nitrogen and oxygen atoms in total. The molecule has 1 saturated heterocycles. The molecule has 0 aliphatic carbocycles. The number of nitrogens with zero attached hydrogens (tertiary/aromatic N) is 4. The summed E-state index contributed by atoms with van der Waals surface area (Å²) in [6, 6.07) is 9.75. The molecule has 37 heavy (non-hydrogen) atoms. The van der Waals surface area contributed by atoms with Crippen LogP contribution in [0.4, 0.5) is 28.6 Å². The third-order valence-electron chi connectivity index (χ3n) is 7.26. The molecule has 1 fully saturated rings. The van der Waals surface area contributed by atoms with Crippen LogP contribution in [0.3, 0.4) is 0 Å². The lowest BCUT2D eigenvalue weighted by atomic mass is 10.0. The van der Waals surface area contributed by atoms with Gasteiger partial charge in [0.15, 0.2) is 6.04 Å². The van der Waals surface area contributed by atoms with Crippen LogP contribution in [0.1, 0.15) is 40.3 Å². The Kier molecular flexibility index (Phi) is 9.45. The van der Waals surface area contributed by atoms with Crippen LogP contribution in [0.15, 0.2) is 24.3 Å². The van der Waals surface area contributed by atoms with E-state index < -0.39 is 7.25 Å². The molecule has 2 aliphatic heterocycles. The highest BCUT2D eigenvalue weighted by Gasteiger charge is 2.38. The normalized spacial score (nSPS) is 19.1. The molecule has 0 radical (unpaired) electrons. The van der Waals surface area contributed by atoms with Gasteiger partial charge in [-0.2, -0.15) is 0 Å². The Bertz CT molecular complexity index is 1070. The number of likely N-dealkylation sites (N-methyl/N-ethyl adjacent to an activating group) is 1. The maximum atomic E-state index is 9.75. The standard InChI is InChI=1S/C28H41N4.BF4/c1-8-29-9-11-30(12-10-29)17-26-18-31(27-22(4)13-20(2)14-23(27)5)19-32(26)28-24(6)15-21(3)16-25(28)7;2-1(3,4)5/h13-16,19,26H,8-12,17-18H2,1-7H3;/q+1;-1. The molecule has 9 heteroatoms. The Morgan fingerprint density at radius 1 is 0.757 bits per heavy atom. The number of anilines is 1. The Morgan fingerprint density at radius 2 is 1.19 bits per heavy atom. The number of halogens is 4. The van der Waals surface area contributed by atoms with E-state index in [2.05, 4.69) is 98.3 Å². The van der Waals surface area contributed by atoms with Gasteiger partial charge in [0.05, 0.1) is 0 Å². The molecule has 2 aromatic carbocycles. The lowest BCUT2D eigenvalue weighted by molar-refractivity contribution is -0.429. The van der Waals surface area contributed by atoms with Crippen molar-refractivity contribution in [3.8, 4) is 0 Å². The fourth-order valence-electron chi connectivity index (χ4n) is 5.93. The average Bonchev–Trinajstić information content (AvgIpc) is 3.14. The first kappa shape index (κ1) is 29.2. The molecule has 0 aromatic heterocycles. The van der Waals surface area contributed by atoms with Crippen molar-refractivity contribution < 1.29 is 21.8 Å². The van der Waals surface area contributed by atoms with Crippen LogP contribution in [0.5, 0.6) is 0 Å². The van der Waals surface area contributed by atoms with Crippen molar-refractivity contribution in [3.05, 3.63) is 57.6 Å². The summed E-state index contributed by atoms with van der Waals surface area (Å²) in [5.74, 6) is 0. The van der Waals surface area contributed by atoms with Gasteiger partial charge in [0.2, 0.25) is 6.34 Å². The summed E-state index contributed by atoms with van der Waals surface area (Å²) in [5, 5.41) is 0. The van der Waals surface area contributed by atoms with Gasteiger partial charge >= 0.3 is 7.25 Å². The highest BCUT2D eigenvalue weighted by atomic mass is 19.5. The van der Waals surface area contributed by atoms with E-state index in [1.54, 1.807) is 0 Å². The van der Waals surface area contributed by atoms with Gasteiger partial charge in [-0.15, -0.1) is 0 Å². The van der Waals surface area contributed by atoms with Crippen molar-refractivity contribution in [2.75, 3.05) is 50.7 Å². The zero-order chi connectivity index (χ0) is 27.5. The van der Waals surface area contributed by atoms with Gasteiger partial charge in [-0.3, -0.25) is 4.90 Å². The molecule has 2 aromatic rings. The van der Waals surface area contributed by atoms with Crippen molar-refractivity contribution in [2.24, 2.45) is 0 Å². The summed E-state index contributed by atoms with van der Waals surface area (Å²) in [6.07, 6.45) is 2.39. The Labute approximate surface area is 219 Å². The quantitative estimate of drug-likeness (QED) is 0.271. The van der Waals surface area contributed by atoms with Gasteiger partial charge < -0.3 is 22.2 Å². The summed E-state index contributed by atoms with van der Waals surface area (Å²) in [6.45, 7) is 23.8. The molecule has 1 atom stereocenters. The van der Waals surface area contributed by atoms with Crippen molar-refractivity contribution in [1.29, 1.82) is 0 Å². The van der Waals surface area contributed by atoms with Crippen LogP contribution in [0.25, 0.3) is 0 Å². The van der Waals surface area contributed by atoms with Gasteiger partial charge in [0, 0.05) is 32.7 Å². The fourth-order valence-corrected chi connectivity index (χ4v) is 5.93. The number of hydrogen-bond donors (Lipinski definition) is 0. The molecule has 0 amide bonds. The fraction of sp³-hybridized carbons (Fsp3) is 0.536. The van der Waals surface area contributed by atoms with Crippen molar-refractivity contribution >= 4 is 25.0 Å². The summed E-state index contributed by atoms with van der Waals surface area (Å²) < 4.78 is 41.5. The Hall–Kier alpha value is -2.39. The van der Waals surface area contributed by atoms with E-state index in [-0.39, 0.29) is 0 Å². The van der Waals surface area contributed by atoms with Gasteiger partial charge in [-0.25, -0.2) is 9.48 Å². The van der Waals surface area contributed by atoms with E-state index in [1.807, 2.05) is 0 Å². The third-order valence-corrected chi connectivity index (χ3v) is 7.26. The average molecular weight is 520 g/mol. The Balaban J connectivity index is 0.000000695. The summed E-state index contributed by atoms with van der Waals surface area (Å²) in [4.78, 5) is 7.82. The van der Waals surface area contributed by atoms with E-state index in [1.165, 1.54) is 77.5 Å². The Morgan fingerprint density at radius 3 is 1.65 bits per heavy atom. The topological polar surface area (TPSA) is 12.7 Å². The zero-order valence-electron chi connectivity index (χ0n) is 23.3. The molecule has 0 spiro atoms. The van der Waals surface area contributed by atoms with E-state index in [0.717, 1.165) is 13.1 Å². The molecule has 2 aliphatic rings. The number of aryl methyl sites for hydroxylation is 6. The summed E-state index contributed by atoms with van der Waals surface area (Å²) >= 11 is 0. The van der Waals surface area contributed by atoms with Crippen LogP contribution >= 0.6 is 0 Å². The number of piperazine rings is 1. The predicted molar refractivity (Wildman–Crippen MR) is 147 cm³/mol.